The van der Waals surface area contributed by atoms with E-state index < -0.39 is 5.41 Å². The maximum atomic E-state index is 13.1. The topological polar surface area (TPSA) is 52.7 Å². The summed E-state index contributed by atoms with van der Waals surface area (Å²) in [6.07, 6.45) is 1.23. The fraction of sp³-hybridized carbons (Fsp3) is 0.391. The Hall–Kier alpha value is -2.89. The maximum absolute atomic E-state index is 13.1. The molecule has 1 saturated heterocycles. The Labute approximate surface area is 170 Å². The van der Waals surface area contributed by atoms with Gasteiger partial charge >= 0.3 is 0 Å². The minimum Gasteiger partial charge on any atom is -0.368 e. The van der Waals surface area contributed by atoms with Crippen LogP contribution in [0.4, 0.5) is 10.1 Å². The Morgan fingerprint density at radius 1 is 1.03 bits per heavy atom. The number of nitrogens with one attached hydrogen (secondary N) is 1. The van der Waals surface area contributed by atoms with Crippen molar-refractivity contribution in [2.75, 3.05) is 31.1 Å². The zero-order valence-electron chi connectivity index (χ0n) is 16.7. The van der Waals surface area contributed by atoms with Crippen LogP contribution in [0.3, 0.4) is 0 Å². The third kappa shape index (κ3) is 4.11. The van der Waals surface area contributed by atoms with E-state index in [4.69, 9.17) is 0 Å². The van der Waals surface area contributed by atoms with Crippen molar-refractivity contribution in [1.82, 2.24) is 10.2 Å². The molecule has 1 saturated carbocycles. The lowest BCUT2D eigenvalue weighted by Crippen LogP contribution is -2.53. The molecule has 5 nitrogen and oxygen atoms in total. The SMILES string of the molecule is Cc1cccc(CNC(=O)C2(C(=O)N3CCN(c4ccc(F)cc4)CC3)CC2)c1. The van der Waals surface area contributed by atoms with E-state index in [1.807, 2.05) is 31.2 Å². The van der Waals surface area contributed by atoms with E-state index in [2.05, 4.69) is 10.2 Å². The third-order valence-electron chi connectivity index (χ3n) is 5.89. The first-order chi connectivity index (χ1) is 14.0. The molecule has 2 aromatic carbocycles. The van der Waals surface area contributed by atoms with E-state index >= 15 is 0 Å². The fourth-order valence-electron chi connectivity index (χ4n) is 3.96. The number of halogens is 1. The summed E-state index contributed by atoms with van der Waals surface area (Å²) in [5, 5.41) is 2.96. The Balaban J connectivity index is 1.33. The summed E-state index contributed by atoms with van der Waals surface area (Å²) in [6, 6.07) is 14.4. The van der Waals surface area contributed by atoms with Crippen LogP contribution in [0.2, 0.25) is 0 Å². The van der Waals surface area contributed by atoms with Crippen molar-refractivity contribution in [3.63, 3.8) is 0 Å². The van der Waals surface area contributed by atoms with Crippen molar-refractivity contribution < 1.29 is 14.0 Å². The lowest BCUT2D eigenvalue weighted by molar-refractivity contribution is -0.144. The number of piperazine rings is 1. The van der Waals surface area contributed by atoms with E-state index in [1.54, 1.807) is 17.0 Å². The van der Waals surface area contributed by atoms with Gasteiger partial charge in [0, 0.05) is 38.4 Å². The minimum absolute atomic E-state index is 0.0574. The molecule has 6 heteroatoms. The molecule has 0 spiro atoms. The van der Waals surface area contributed by atoms with Crippen LogP contribution in [0, 0.1) is 18.2 Å². The molecular formula is C23H26FN3O2. The van der Waals surface area contributed by atoms with Gasteiger partial charge in [0.25, 0.3) is 0 Å². The predicted molar refractivity (Wildman–Crippen MR) is 110 cm³/mol. The molecule has 152 valence electrons. The molecular weight excluding hydrogens is 369 g/mol. The van der Waals surface area contributed by atoms with E-state index in [0.29, 0.717) is 45.6 Å². The van der Waals surface area contributed by atoms with Crippen LogP contribution in [0.15, 0.2) is 48.5 Å². The smallest absolute Gasteiger partial charge is 0.238 e. The van der Waals surface area contributed by atoms with Crippen LogP contribution in [0.1, 0.15) is 24.0 Å². The monoisotopic (exact) mass is 395 g/mol. The summed E-state index contributed by atoms with van der Waals surface area (Å²) in [4.78, 5) is 29.8. The second-order valence-electron chi connectivity index (χ2n) is 8.01. The van der Waals surface area contributed by atoms with E-state index in [1.165, 1.54) is 12.1 Å². The number of aryl methyl sites for hydroxylation is 1. The fourth-order valence-corrected chi connectivity index (χ4v) is 3.96. The van der Waals surface area contributed by atoms with Crippen LogP contribution in [0.25, 0.3) is 0 Å². The average Bonchev–Trinajstić information content (AvgIpc) is 3.54. The van der Waals surface area contributed by atoms with Gasteiger partial charge in [0.15, 0.2) is 0 Å². The summed E-state index contributed by atoms with van der Waals surface area (Å²) in [6.45, 7) is 4.96. The van der Waals surface area contributed by atoms with Gasteiger partial charge in [0.2, 0.25) is 11.8 Å². The molecule has 2 amide bonds. The molecule has 4 rings (SSSR count). The van der Waals surface area contributed by atoms with Crippen molar-refractivity contribution in [1.29, 1.82) is 0 Å². The van der Waals surface area contributed by atoms with Gasteiger partial charge in [-0.3, -0.25) is 9.59 Å². The number of anilines is 1. The summed E-state index contributed by atoms with van der Waals surface area (Å²) < 4.78 is 13.1. The quantitative estimate of drug-likeness (QED) is 0.792. The van der Waals surface area contributed by atoms with E-state index in [0.717, 1.165) is 16.8 Å². The van der Waals surface area contributed by atoms with Crippen LogP contribution < -0.4 is 10.2 Å². The molecule has 0 bridgehead atoms. The molecule has 1 N–H and O–H groups in total. The highest BCUT2D eigenvalue weighted by Gasteiger charge is 2.58. The molecule has 1 heterocycles. The second-order valence-corrected chi connectivity index (χ2v) is 8.01. The Morgan fingerprint density at radius 3 is 2.34 bits per heavy atom. The number of amides is 2. The minimum atomic E-state index is -0.887. The molecule has 29 heavy (non-hydrogen) atoms. The summed E-state index contributed by atoms with van der Waals surface area (Å²) >= 11 is 0. The average molecular weight is 395 g/mol. The molecule has 2 aromatic rings. The maximum Gasteiger partial charge on any atom is 0.238 e. The molecule has 0 aromatic heterocycles. The van der Waals surface area contributed by atoms with Gasteiger partial charge in [0.05, 0.1) is 0 Å². The summed E-state index contributed by atoms with van der Waals surface area (Å²) in [5.74, 6) is -0.474. The van der Waals surface area contributed by atoms with Crippen LogP contribution >= 0.6 is 0 Å². The van der Waals surface area contributed by atoms with Gasteiger partial charge < -0.3 is 15.1 Å². The lowest BCUT2D eigenvalue weighted by atomic mass is 10.0. The number of carbonyl (C=O) groups excluding carboxylic acids is 2. The molecule has 2 aliphatic rings. The summed E-state index contributed by atoms with van der Waals surface area (Å²) in [7, 11) is 0. The first kappa shape index (κ1) is 19.4. The van der Waals surface area contributed by atoms with Crippen LogP contribution in [0.5, 0.6) is 0 Å². The van der Waals surface area contributed by atoms with Crippen LogP contribution in [-0.2, 0) is 16.1 Å². The van der Waals surface area contributed by atoms with Crippen LogP contribution in [-0.4, -0.2) is 42.9 Å². The van der Waals surface area contributed by atoms with E-state index in [-0.39, 0.29) is 17.6 Å². The first-order valence-electron chi connectivity index (χ1n) is 10.1. The Bertz CT molecular complexity index is 901. The van der Waals surface area contributed by atoms with Gasteiger partial charge in [-0.1, -0.05) is 29.8 Å². The van der Waals surface area contributed by atoms with Gasteiger partial charge in [-0.25, -0.2) is 4.39 Å². The number of hydrogen-bond donors (Lipinski definition) is 1. The molecule has 2 fully saturated rings. The summed E-state index contributed by atoms with van der Waals surface area (Å²) in [5.41, 5.74) is 2.25. The largest absolute Gasteiger partial charge is 0.368 e. The van der Waals surface area contributed by atoms with Crippen molar-refractivity contribution in [2.24, 2.45) is 5.41 Å². The highest BCUT2D eigenvalue weighted by molar-refractivity contribution is 6.07. The van der Waals surface area contributed by atoms with Gasteiger partial charge in [-0.05, 0) is 49.6 Å². The van der Waals surface area contributed by atoms with E-state index in [9.17, 15) is 14.0 Å². The standard InChI is InChI=1S/C23H26FN3O2/c1-17-3-2-4-18(15-17)16-25-21(28)23(9-10-23)22(29)27-13-11-26(12-14-27)20-7-5-19(24)6-8-20/h2-8,15H,9-14,16H2,1H3,(H,25,28). The molecule has 1 aliphatic heterocycles. The van der Waals surface area contributed by atoms with Crippen molar-refractivity contribution in [3.8, 4) is 0 Å². The highest BCUT2D eigenvalue weighted by atomic mass is 19.1. The van der Waals surface area contributed by atoms with Gasteiger partial charge in [0.1, 0.15) is 11.2 Å². The normalized spacial score (nSPS) is 17.7. The first-order valence-corrected chi connectivity index (χ1v) is 10.1. The molecule has 1 aliphatic carbocycles. The van der Waals surface area contributed by atoms with Crippen molar-refractivity contribution >= 4 is 17.5 Å². The molecule has 0 radical (unpaired) electrons. The number of hydrogen-bond acceptors (Lipinski definition) is 3. The number of rotatable bonds is 5. The molecule has 0 unspecified atom stereocenters. The van der Waals surface area contributed by atoms with Crippen molar-refractivity contribution in [2.45, 2.75) is 26.3 Å². The second kappa shape index (κ2) is 7.85. The Kier molecular flexibility index (Phi) is 5.26. The zero-order valence-corrected chi connectivity index (χ0v) is 16.7. The number of carbonyl (C=O) groups is 2. The predicted octanol–water partition coefficient (Wildman–Crippen LogP) is 2.88. The Morgan fingerprint density at radius 2 is 1.72 bits per heavy atom. The number of benzene rings is 2. The van der Waals surface area contributed by atoms with Crippen molar-refractivity contribution in [3.05, 3.63) is 65.5 Å². The van der Waals surface area contributed by atoms with Gasteiger partial charge in [-0.15, -0.1) is 0 Å². The zero-order chi connectivity index (χ0) is 20.4. The van der Waals surface area contributed by atoms with Gasteiger partial charge in [-0.2, -0.15) is 0 Å². The lowest BCUT2D eigenvalue weighted by Gasteiger charge is -2.37. The number of nitrogens with zero attached hydrogens (tertiary/aromatic N) is 2. The molecule has 0 atom stereocenters. The third-order valence-corrected chi connectivity index (χ3v) is 5.89. The highest BCUT2D eigenvalue weighted by Crippen LogP contribution is 2.47.